The molecule has 1 aromatic rings. The summed E-state index contributed by atoms with van der Waals surface area (Å²) in [6, 6.07) is 9.93. The summed E-state index contributed by atoms with van der Waals surface area (Å²) in [5, 5.41) is 0.0753. The van der Waals surface area contributed by atoms with E-state index in [1.807, 2.05) is 50.3 Å². The Morgan fingerprint density at radius 3 is 2.53 bits per heavy atom. The molecule has 0 spiro atoms. The first-order valence-electron chi connectivity index (χ1n) is 4.86. The highest BCUT2D eigenvalue weighted by Gasteiger charge is 1.99. The standard InChI is InChI=1S/C12H15NOS/c1-11(2)15(14)13-10-6-9-12-7-4-3-5-8-12/h3-11H,1-2H3/b9-6+,13-10+/t15-/m0/s1. The smallest absolute Gasteiger partial charge is 0.141 e. The van der Waals surface area contributed by atoms with E-state index in [0.717, 1.165) is 5.56 Å². The van der Waals surface area contributed by atoms with Crippen molar-refractivity contribution in [3.8, 4) is 0 Å². The van der Waals surface area contributed by atoms with E-state index in [0.29, 0.717) is 0 Å². The van der Waals surface area contributed by atoms with Crippen molar-refractivity contribution >= 4 is 23.3 Å². The molecule has 0 unspecified atom stereocenters. The van der Waals surface area contributed by atoms with E-state index < -0.39 is 11.0 Å². The number of rotatable bonds is 4. The lowest BCUT2D eigenvalue weighted by molar-refractivity contribution is 0.678. The molecule has 0 aromatic heterocycles. The van der Waals surface area contributed by atoms with Crippen LogP contribution >= 0.6 is 0 Å². The minimum atomic E-state index is -1.11. The van der Waals surface area contributed by atoms with Crippen LogP contribution in [0.15, 0.2) is 40.8 Å². The molecule has 80 valence electrons. The molecule has 3 heteroatoms. The summed E-state index contributed by atoms with van der Waals surface area (Å²) in [7, 11) is -1.11. The van der Waals surface area contributed by atoms with Crippen molar-refractivity contribution in [3.63, 3.8) is 0 Å². The van der Waals surface area contributed by atoms with Gasteiger partial charge < -0.3 is 0 Å². The molecule has 15 heavy (non-hydrogen) atoms. The van der Waals surface area contributed by atoms with E-state index in [4.69, 9.17) is 0 Å². The SMILES string of the molecule is CC(C)[S@](=O)/N=C/C=C/c1ccccc1. The highest BCUT2D eigenvalue weighted by molar-refractivity contribution is 7.84. The van der Waals surface area contributed by atoms with Crippen molar-refractivity contribution in [1.29, 1.82) is 0 Å². The van der Waals surface area contributed by atoms with Gasteiger partial charge in [0.2, 0.25) is 0 Å². The second-order valence-electron chi connectivity index (χ2n) is 3.35. The Hall–Kier alpha value is -1.22. The molecule has 0 N–H and O–H groups in total. The zero-order chi connectivity index (χ0) is 11.1. The summed E-state index contributed by atoms with van der Waals surface area (Å²) in [5.74, 6) is 0. The van der Waals surface area contributed by atoms with Crippen LogP contribution in [0, 0.1) is 0 Å². The number of hydrogen-bond donors (Lipinski definition) is 0. The first kappa shape index (κ1) is 11.9. The topological polar surface area (TPSA) is 29.4 Å². The van der Waals surface area contributed by atoms with E-state index in [9.17, 15) is 4.21 Å². The van der Waals surface area contributed by atoms with E-state index in [1.165, 1.54) is 0 Å². The Bertz CT molecular complexity index is 368. The lowest BCUT2D eigenvalue weighted by atomic mass is 10.2. The molecular formula is C12H15NOS. The van der Waals surface area contributed by atoms with E-state index in [1.54, 1.807) is 12.3 Å². The van der Waals surface area contributed by atoms with Crippen LogP contribution < -0.4 is 0 Å². The molecule has 0 heterocycles. The van der Waals surface area contributed by atoms with Gasteiger partial charge in [0.25, 0.3) is 0 Å². The Labute approximate surface area is 93.3 Å². The summed E-state index contributed by atoms with van der Waals surface area (Å²) >= 11 is 0. The maximum Gasteiger partial charge on any atom is 0.141 e. The second kappa shape index (κ2) is 6.30. The minimum Gasteiger partial charge on any atom is -0.235 e. The molecule has 1 rings (SSSR count). The van der Waals surface area contributed by atoms with Crippen molar-refractivity contribution < 1.29 is 4.21 Å². The van der Waals surface area contributed by atoms with Crippen molar-refractivity contribution in [3.05, 3.63) is 42.0 Å². The maximum absolute atomic E-state index is 11.2. The van der Waals surface area contributed by atoms with Crippen molar-refractivity contribution in [1.82, 2.24) is 0 Å². The average Bonchev–Trinajstić information content (AvgIpc) is 2.25. The Balaban J connectivity index is 2.50. The summed E-state index contributed by atoms with van der Waals surface area (Å²) < 4.78 is 15.1. The third-order valence-electron chi connectivity index (χ3n) is 1.74. The summed E-state index contributed by atoms with van der Waals surface area (Å²) in [4.78, 5) is 0. The minimum absolute atomic E-state index is 0.0753. The number of nitrogens with zero attached hydrogens (tertiary/aromatic N) is 1. The van der Waals surface area contributed by atoms with Crippen LogP contribution in [0.25, 0.3) is 6.08 Å². The molecule has 1 atom stereocenters. The van der Waals surface area contributed by atoms with Gasteiger partial charge in [0, 0.05) is 6.21 Å². The van der Waals surface area contributed by atoms with Crippen LogP contribution in [0.1, 0.15) is 19.4 Å². The van der Waals surface area contributed by atoms with Crippen LogP contribution in [0.2, 0.25) is 0 Å². The summed E-state index contributed by atoms with van der Waals surface area (Å²) in [5.41, 5.74) is 1.11. The van der Waals surface area contributed by atoms with E-state index in [-0.39, 0.29) is 5.25 Å². The molecule has 0 saturated carbocycles. The van der Waals surface area contributed by atoms with Crippen molar-refractivity contribution in [2.45, 2.75) is 19.1 Å². The number of benzene rings is 1. The average molecular weight is 221 g/mol. The van der Waals surface area contributed by atoms with Gasteiger partial charge in [-0.05, 0) is 25.5 Å². The van der Waals surface area contributed by atoms with Gasteiger partial charge in [-0.1, -0.05) is 36.4 Å². The fraction of sp³-hybridized carbons (Fsp3) is 0.250. The lowest BCUT2D eigenvalue weighted by Crippen LogP contribution is -2.01. The van der Waals surface area contributed by atoms with Crippen LogP contribution in [-0.4, -0.2) is 15.7 Å². The predicted octanol–water partition coefficient (Wildman–Crippen LogP) is 2.84. The molecule has 0 aliphatic carbocycles. The highest BCUT2D eigenvalue weighted by atomic mass is 32.2. The van der Waals surface area contributed by atoms with Crippen LogP contribution in [0.5, 0.6) is 0 Å². The zero-order valence-electron chi connectivity index (χ0n) is 8.96. The first-order valence-corrected chi connectivity index (χ1v) is 6.03. The van der Waals surface area contributed by atoms with Gasteiger partial charge in [-0.15, -0.1) is 0 Å². The highest BCUT2D eigenvalue weighted by Crippen LogP contribution is 2.00. The van der Waals surface area contributed by atoms with Gasteiger partial charge in [-0.2, -0.15) is 4.40 Å². The summed E-state index contributed by atoms with van der Waals surface area (Å²) in [6.45, 7) is 3.77. The largest absolute Gasteiger partial charge is 0.235 e. The molecule has 0 aliphatic heterocycles. The fourth-order valence-electron chi connectivity index (χ4n) is 0.935. The molecule has 0 aliphatic rings. The monoisotopic (exact) mass is 221 g/mol. The molecule has 0 bridgehead atoms. The van der Waals surface area contributed by atoms with Crippen LogP contribution in [-0.2, 0) is 11.0 Å². The summed E-state index contributed by atoms with van der Waals surface area (Å²) in [6.07, 6.45) is 5.32. The lowest BCUT2D eigenvalue weighted by Gasteiger charge is -1.95. The van der Waals surface area contributed by atoms with Crippen molar-refractivity contribution in [2.75, 3.05) is 0 Å². The second-order valence-corrected chi connectivity index (χ2v) is 5.06. The first-order chi connectivity index (χ1) is 7.20. The van der Waals surface area contributed by atoms with Crippen LogP contribution in [0.3, 0.4) is 0 Å². The molecule has 0 saturated heterocycles. The zero-order valence-corrected chi connectivity index (χ0v) is 9.78. The van der Waals surface area contributed by atoms with Gasteiger partial charge in [0.05, 0.1) is 5.25 Å². The predicted molar refractivity (Wildman–Crippen MR) is 67.2 cm³/mol. The number of hydrogen-bond acceptors (Lipinski definition) is 1. The van der Waals surface area contributed by atoms with Gasteiger partial charge in [0.15, 0.2) is 0 Å². The molecular weight excluding hydrogens is 206 g/mol. The molecule has 0 amide bonds. The maximum atomic E-state index is 11.2. The third-order valence-corrected chi connectivity index (χ3v) is 2.88. The van der Waals surface area contributed by atoms with Gasteiger partial charge in [-0.3, -0.25) is 0 Å². The third kappa shape index (κ3) is 4.70. The van der Waals surface area contributed by atoms with Gasteiger partial charge in [-0.25, -0.2) is 4.21 Å². The molecule has 2 nitrogen and oxygen atoms in total. The number of allylic oxidation sites excluding steroid dienone is 1. The van der Waals surface area contributed by atoms with Crippen molar-refractivity contribution in [2.24, 2.45) is 4.40 Å². The molecule has 0 fully saturated rings. The van der Waals surface area contributed by atoms with Crippen LogP contribution in [0.4, 0.5) is 0 Å². The Morgan fingerprint density at radius 2 is 1.93 bits per heavy atom. The molecule has 1 aromatic carbocycles. The fourth-order valence-corrected chi connectivity index (χ4v) is 1.37. The van der Waals surface area contributed by atoms with E-state index in [2.05, 4.69) is 4.40 Å². The Kier molecular flexibility index (Phi) is 4.98. The Morgan fingerprint density at radius 1 is 1.27 bits per heavy atom. The molecule has 0 radical (unpaired) electrons. The quantitative estimate of drug-likeness (QED) is 0.719. The van der Waals surface area contributed by atoms with E-state index >= 15 is 0 Å². The van der Waals surface area contributed by atoms with Gasteiger partial charge in [0.1, 0.15) is 11.0 Å². The van der Waals surface area contributed by atoms with Gasteiger partial charge >= 0.3 is 0 Å². The normalized spacial score (nSPS) is 14.1.